The minimum atomic E-state index is -1.05. The Morgan fingerprint density at radius 2 is 1.52 bits per heavy atom. The first-order valence-electron chi connectivity index (χ1n) is 18.2. The highest BCUT2D eigenvalue weighted by molar-refractivity contribution is 6.25. The SMILES string of the molecule is CC/C(=C(\c1ccccc1)c1ccc(OCCN(C)C(=O)C(C)OCCNc2cccc3c2C(=O)N(C2CCC(=O)NC2=O)C3=O)cc1)c1ccccc1. The molecular formula is C43H44N4O7. The first-order chi connectivity index (χ1) is 26.2. The maximum Gasteiger partial charge on any atom is 0.264 e. The molecule has 11 heteroatoms. The van der Waals surface area contributed by atoms with Gasteiger partial charge in [0, 0.05) is 25.7 Å². The average Bonchev–Trinajstić information content (AvgIpc) is 3.45. The highest BCUT2D eigenvalue weighted by Crippen LogP contribution is 2.35. The predicted molar refractivity (Wildman–Crippen MR) is 206 cm³/mol. The van der Waals surface area contributed by atoms with Crippen molar-refractivity contribution >= 4 is 46.4 Å². The van der Waals surface area contributed by atoms with Gasteiger partial charge in [-0.05, 0) is 71.9 Å². The summed E-state index contributed by atoms with van der Waals surface area (Å²) in [6.45, 7) is 4.90. The van der Waals surface area contributed by atoms with E-state index in [-0.39, 0.29) is 43.0 Å². The molecule has 2 heterocycles. The Hall–Kier alpha value is -6.07. The Bertz CT molecular complexity index is 2050. The van der Waals surface area contributed by atoms with Crippen molar-refractivity contribution in [3.8, 4) is 5.75 Å². The summed E-state index contributed by atoms with van der Waals surface area (Å²) >= 11 is 0. The Labute approximate surface area is 314 Å². The number of likely N-dealkylation sites (N-methyl/N-ethyl adjacent to an activating group) is 1. The van der Waals surface area contributed by atoms with E-state index in [1.807, 2.05) is 24.3 Å². The standard InChI is InChI=1S/C43H44N4O7/c1-4-33(29-12-7-5-8-13-29)38(30-14-9-6-10-15-30)31-18-20-32(21-19-31)54-27-25-46(3)41(50)28(2)53-26-24-44-35-17-11-16-34-39(35)43(52)47(42(34)51)36-22-23-37(48)45-40(36)49/h5-21,28,36,44H,4,22-27H2,1-3H3,(H,45,48,49)/b38-33-. The van der Waals surface area contributed by atoms with E-state index in [0.717, 1.165) is 22.4 Å². The number of ether oxygens (including phenoxy) is 2. The van der Waals surface area contributed by atoms with Gasteiger partial charge >= 0.3 is 0 Å². The zero-order chi connectivity index (χ0) is 38.2. The molecule has 0 aliphatic carbocycles. The molecule has 0 aromatic heterocycles. The Morgan fingerprint density at radius 1 is 0.852 bits per heavy atom. The van der Waals surface area contributed by atoms with E-state index in [1.165, 1.54) is 22.8 Å². The van der Waals surface area contributed by atoms with E-state index in [4.69, 9.17) is 9.47 Å². The number of anilines is 1. The van der Waals surface area contributed by atoms with Crippen LogP contribution in [-0.4, -0.2) is 84.8 Å². The quantitative estimate of drug-likeness (QED) is 0.0891. The molecule has 11 nitrogen and oxygen atoms in total. The van der Waals surface area contributed by atoms with Gasteiger partial charge in [-0.1, -0.05) is 85.8 Å². The molecule has 0 radical (unpaired) electrons. The summed E-state index contributed by atoms with van der Waals surface area (Å²) in [5.74, 6) is -1.78. The zero-order valence-corrected chi connectivity index (χ0v) is 30.7. The molecule has 0 spiro atoms. The van der Waals surface area contributed by atoms with Gasteiger partial charge in [0.1, 0.15) is 24.5 Å². The smallest absolute Gasteiger partial charge is 0.264 e. The van der Waals surface area contributed by atoms with Crippen molar-refractivity contribution in [2.24, 2.45) is 0 Å². The van der Waals surface area contributed by atoms with Crippen LogP contribution in [0.2, 0.25) is 0 Å². The lowest BCUT2D eigenvalue weighted by atomic mass is 9.88. The summed E-state index contributed by atoms with van der Waals surface area (Å²) in [5.41, 5.74) is 6.63. The average molecular weight is 729 g/mol. The molecule has 2 N–H and O–H groups in total. The molecule has 278 valence electrons. The summed E-state index contributed by atoms with van der Waals surface area (Å²) in [5, 5.41) is 5.32. The molecular weight excluding hydrogens is 684 g/mol. The number of carbonyl (C=O) groups excluding carboxylic acids is 5. The normalized spacial score (nSPS) is 16.4. The van der Waals surface area contributed by atoms with Gasteiger partial charge in [0.2, 0.25) is 11.8 Å². The van der Waals surface area contributed by atoms with E-state index in [9.17, 15) is 24.0 Å². The van der Waals surface area contributed by atoms with Crippen molar-refractivity contribution < 1.29 is 33.4 Å². The second kappa shape index (κ2) is 17.2. The first-order valence-corrected chi connectivity index (χ1v) is 18.2. The van der Waals surface area contributed by atoms with Crippen molar-refractivity contribution in [3.63, 3.8) is 0 Å². The topological polar surface area (TPSA) is 134 Å². The Balaban J connectivity index is 0.986. The van der Waals surface area contributed by atoms with Gasteiger partial charge in [-0.25, -0.2) is 0 Å². The van der Waals surface area contributed by atoms with Gasteiger partial charge in [0.05, 0.1) is 24.3 Å². The fraction of sp³-hybridized carbons (Fsp3) is 0.279. The molecule has 0 bridgehead atoms. The monoisotopic (exact) mass is 728 g/mol. The predicted octanol–water partition coefficient (Wildman–Crippen LogP) is 5.81. The molecule has 54 heavy (non-hydrogen) atoms. The van der Waals surface area contributed by atoms with Crippen molar-refractivity contribution in [1.82, 2.24) is 15.1 Å². The summed E-state index contributed by atoms with van der Waals surface area (Å²) in [6.07, 6.45) is 0.263. The number of nitrogens with zero attached hydrogens (tertiary/aromatic N) is 2. The van der Waals surface area contributed by atoms with Crippen LogP contribution in [-0.2, 0) is 19.1 Å². The van der Waals surface area contributed by atoms with E-state index >= 15 is 0 Å². The van der Waals surface area contributed by atoms with E-state index in [1.54, 1.807) is 31.0 Å². The number of carbonyl (C=O) groups is 5. The van der Waals surface area contributed by atoms with E-state index < -0.39 is 35.8 Å². The van der Waals surface area contributed by atoms with Crippen molar-refractivity contribution in [2.45, 2.75) is 45.3 Å². The van der Waals surface area contributed by atoms with Crippen LogP contribution in [0.15, 0.2) is 103 Å². The molecule has 6 rings (SSSR count). The second-order valence-corrected chi connectivity index (χ2v) is 13.2. The van der Waals surface area contributed by atoms with Crippen LogP contribution in [0.25, 0.3) is 11.1 Å². The largest absolute Gasteiger partial charge is 0.492 e. The van der Waals surface area contributed by atoms with Crippen LogP contribution < -0.4 is 15.4 Å². The minimum absolute atomic E-state index is 0.0448. The maximum atomic E-state index is 13.3. The maximum absolute atomic E-state index is 13.3. The molecule has 5 amide bonds. The number of imide groups is 2. The molecule has 2 unspecified atom stereocenters. The number of piperidine rings is 1. The summed E-state index contributed by atoms with van der Waals surface area (Å²) in [7, 11) is 1.70. The molecule has 4 aromatic carbocycles. The van der Waals surface area contributed by atoms with Crippen LogP contribution in [0, 0.1) is 0 Å². The number of fused-ring (bicyclic) bond motifs is 1. The number of hydrogen-bond acceptors (Lipinski definition) is 8. The number of allylic oxidation sites excluding steroid dienone is 1. The Morgan fingerprint density at radius 3 is 2.19 bits per heavy atom. The summed E-state index contributed by atoms with van der Waals surface area (Å²) < 4.78 is 11.8. The third-order valence-corrected chi connectivity index (χ3v) is 9.66. The van der Waals surface area contributed by atoms with E-state index in [2.05, 4.69) is 78.2 Å². The molecule has 0 saturated carbocycles. The van der Waals surface area contributed by atoms with Crippen molar-refractivity contribution in [2.75, 3.05) is 38.7 Å². The number of nitrogens with one attached hydrogen (secondary N) is 2. The molecule has 1 saturated heterocycles. The second-order valence-electron chi connectivity index (χ2n) is 13.2. The molecule has 2 aliphatic heterocycles. The Kier molecular flexibility index (Phi) is 12.0. The van der Waals surface area contributed by atoms with Crippen LogP contribution in [0.4, 0.5) is 5.69 Å². The summed E-state index contributed by atoms with van der Waals surface area (Å²) in [4.78, 5) is 66.0. The van der Waals surface area contributed by atoms with Crippen molar-refractivity contribution in [1.29, 1.82) is 0 Å². The van der Waals surface area contributed by atoms with Gasteiger partial charge in [0.25, 0.3) is 17.7 Å². The van der Waals surface area contributed by atoms with Crippen LogP contribution in [0.5, 0.6) is 5.75 Å². The zero-order valence-electron chi connectivity index (χ0n) is 30.7. The minimum Gasteiger partial charge on any atom is -0.492 e. The van der Waals surface area contributed by atoms with Gasteiger partial charge in [-0.15, -0.1) is 0 Å². The van der Waals surface area contributed by atoms with Crippen molar-refractivity contribution in [3.05, 3.63) is 131 Å². The highest BCUT2D eigenvalue weighted by atomic mass is 16.5. The molecule has 1 fully saturated rings. The van der Waals surface area contributed by atoms with Gasteiger partial charge in [-0.3, -0.25) is 34.2 Å². The van der Waals surface area contributed by atoms with Crippen LogP contribution >= 0.6 is 0 Å². The number of rotatable bonds is 15. The summed E-state index contributed by atoms with van der Waals surface area (Å²) in [6, 6.07) is 32.7. The third-order valence-electron chi connectivity index (χ3n) is 9.66. The van der Waals surface area contributed by atoms with Crippen LogP contribution in [0.1, 0.15) is 70.5 Å². The molecule has 2 aliphatic rings. The lowest BCUT2D eigenvalue weighted by Crippen LogP contribution is -2.54. The molecule has 2 atom stereocenters. The lowest BCUT2D eigenvalue weighted by Gasteiger charge is -2.27. The van der Waals surface area contributed by atoms with Gasteiger partial charge in [-0.2, -0.15) is 0 Å². The third kappa shape index (κ3) is 8.26. The fourth-order valence-electron chi connectivity index (χ4n) is 6.88. The first kappa shape index (κ1) is 37.7. The van der Waals surface area contributed by atoms with Gasteiger partial charge in [0.15, 0.2) is 0 Å². The number of benzene rings is 4. The number of amides is 5. The van der Waals surface area contributed by atoms with E-state index in [0.29, 0.717) is 24.6 Å². The number of hydrogen-bond donors (Lipinski definition) is 2. The lowest BCUT2D eigenvalue weighted by molar-refractivity contribution is -0.141. The molecule has 4 aromatic rings. The van der Waals surface area contributed by atoms with Crippen LogP contribution in [0.3, 0.4) is 0 Å². The fourth-order valence-corrected chi connectivity index (χ4v) is 6.88. The highest BCUT2D eigenvalue weighted by Gasteiger charge is 2.45. The van der Waals surface area contributed by atoms with Gasteiger partial charge < -0.3 is 19.7 Å².